The molecule has 34 heavy (non-hydrogen) atoms. The van der Waals surface area contributed by atoms with Crippen molar-refractivity contribution in [2.45, 2.75) is 19.4 Å². The monoisotopic (exact) mass is 482 g/mol. The van der Waals surface area contributed by atoms with Crippen LogP contribution < -0.4 is 9.47 Å². The Balaban J connectivity index is 1.51. The molecule has 1 amide bonds. The van der Waals surface area contributed by atoms with Crippen molar-refractivity contribution in [1.82, 2.24) is 5.01 Å². The molecule has 1 atom stereocenters. The van der Waals surface area contributed by atoms with E-state index in [-0.39, 0.29) is 16.3 Å². The zero-order valence-corrected chi connectivity index (χ0v) is 19.7. The molecular weight excluding hydrogens is 460 g/mol. The smallest absolute Gasteiger partial charge is 0.338 e. The van der Waals surface area contributed by atoms with Crippen LogP contribution in [0.15, 0.2) is 64.3 Å². The van der Waals surface area contributed by atoms with Crippen LogP contribution in [0.5, 0.6) is 11.5 Å². The number of carbonyl (C=O) groups excluding carboxylic acids is 2. The van der Waals surface area contributed by atoms with Gasteiger partial charge in [0.05, 0.1) is 36.8 Å². The molecule has 2 heterocycles. The number of hydrogen-bond donors (Lipinski definition) is 0. The van der Waals surface area contributed by atoms with Gasteiger partial charge in [0.1, 0.15) is 11.8 Å². The van der Waals surface area contributed by atoms with Crippen molar-refractivity contribution in [1.29, 1.82) is 0 Å². The lowest BCUT2D eigenvalue weighted by atomic mass is 10.0. The third kappa shape index (κ3) is 4.77. The molecule has 1 aliphatic rings. The number of aryl methyl sites for hydroxylation is 1. The molecule has 9 heteroatoms. The van der Waals surface area contributed by atoms with E-state index in [1.165, 1.54) is 31.4 Å². The van der Waals surface area contributed by atoms with Gasteiger partial charge in [-0.15, -0.1) is 0 Å². The average molecular weight is 483 g/mol. The number of amides is 1. The molecule has 0 saturated carbocycles. The Hall–Kier alpha value is -3.78. The van der Waals surface area contributed by atoms with E-state index in [2.05, 4.69) is 5.10 Å². The second kappa shape index (κ2) is 10.0. The van der Waals surface area contributed by atoms with Gasteiger partial charge >= 0.3 is 5.97 Å². The maximum absolute atomic E-state index is 13.0. The highest BCUT2D eigenvalue weighted by Crippen LogP contribution is 2.36. The van der Waals surface area contributed by atoms with Crippen molar-refractivity contribution in [2.24, 2.45) is 5.10 Å². The van der Waals surface area contributed by atoms with Crippen molar-refractivity contribution >= 4 is 29.2 Å². The Labute approximate surface area is 201 Å². The van der Waals surface area contributed by atoms with Crippen LogP contribution in [0, 0.1) is 6.92 Å². The van der Waals surface area contributed by atoms with Crippen LogP contribution >= 0.6 is 11.6 Å². The van der Waals surface area contributed by atoms with Crippen molar-refractivity contribution in [2.75, 3.05) is 20.8 Å². The van der Waals surface area contributed by atoms with E-state index in [9.17, 15) is 9.59 Å². The zero-order valence-electron chi connectivity index (χ0n) is 18.9. The number of esters is 1. The lowest BCUT2D eigenvalue weighted by Crippen LogP contribution is -2.31. The van der Waals surface area contributed by atoms with Crippen LogP contribution in [0.4, 0.5) is 0 Å². The average Bonchev–Trinajstić information content (AvgIpc) is 3.52. The molecule has 2 aromatic carbocycles. The molecule has 176 valence electrons. The number of halogens is 1. The van der Waals surface area contributed by atoms with E-state index in [4.69, 9.17) is 30.2 Å². The second-order valence-corrected chi connectivity index (χ2v) is 8.06. The van der Waals surface area contributed by atoms with Crippen molar-refractivity contribution in [3.05, 3.63) is 82.3 Å². The Morgan fingerprint density at radius 3 is 2.56 bits per heavy atom. The summed E-state index contributed by atoms with van der Waals surface area (Å²) in [6, 6.07) is 13.8. The molecule has 0 saturated heterocycles. The molecule has 0 aliphatic carbocycles. The molecule has 0 fully saturated rings. The van der Waals surface area contributed by atoms with E-state index in [0.29, 0.717) is 17.9 Å². The van der Waals surface area contributed by atoms with Crippen LogP contribution in [0.1, 0.15) is 39.7 Å². The predicted octanol–water partition coefficient (Wildman–Crippen LogP) is 4.79. The summed E-state index contributed by atoms with van der Waals surface area (Å²) in [5, 5.41) is 6.03. The van der Waals surface area contributed by atoms with Gasteiger partial charge in [-0.1, -0.05) is 41.4 Å². The number of benzene rings is 2. The summed E-state index contributed by atoms with van der Waals surface area (Å²) in [4.78, 5) is 25.6. The molecule has 1 aromatic heterocycles. The van der Waals surface area contributed by atoms with Gasteiger partial charge in [-0.25, -0.2) is 9.80 Å². The highest BCUT2D eigenvalue weighted by Gasteiger charge is 2.35. The molecule has 4 rings (SSSR count). The quantitative estimate of drug-likeness (QED) is 0.449. The van der Waals surface area contributed by atoms with E-state index in [1.807, 2.05) is 31.2 Å². The molecular formula is C25H23ClN2O6. The number of hydrazone groups is 1. The minimum absolute atomic E-state index is 0.128. The second-order valence-electron chi connectivity index (χ2n) is 7.66. The summed E-state index contributed by atoms with van der Waals surface area (Å²) in [6.45, 7) is 1.49. The first-order chi connectivity index (χ1) is 16.4. The summed E-state index contributed by atoms with van der Waals surface area (Å²) < 4.78 is 21.2. The SMILES string of the molecule is COc1cc(C(=O)OCC(=O)N2N=C(c3ccc(C)cc3)CC2c2ccco2)cc(Cl)c1OC. The number of hydrogen-bond acceptors (Lipinski definition) is 7. The Kier molecular flexibility index (Phi) is 6.88. The maximum Gasteiger partial charge on any atom is 0.338 e. The molecule has 1 aliphatic heterocycles. The highest BCUT2D eigenvalue weighted by atomic mass is 35.5. The molecule has 8 nitrogen and oxygen atoms in total. The summed E-state index contributed by atoms with van der Waals surface area (Å²) >= 11 is 6.17. The van der Waals surface area contributed by atoms with Crippen LogP contribution in [0.25, 0.3) is 0 Å². The summed E-state index contributed by atoms with van der Waals surface area (Å²) in [6.07, 6.45) is 2.02. The third-order valence-corrected chi connectivity index (χ3v) is 5.70. The molecule has 3 aromatic rings. The molecule has 0 radical (unpaired) electrons. The first-order valence-corrected chi connectivity index (χ1v) is 10.9. The normalized spacial score (nSPS) is 15.1. The summed E-state index contributed by atoms with van der Waals surface area (Å²) in [5.41, 5.74) is 2.91. The van der Waals surface area contributed by atoms with Gasteiger partial charge in [-0.05, 0) is 36.8 Å². The number of methoxy groups -OCH3 is 2. The fraction of sp³-hybridized carbons (Fsp3) is 0.240. The largest absolute Gasteiger partial charge is 0.493 e. The number of ether oxygens (including phenoxy) is 3. The first kappa shape index (κ1) is 23.4. The van der Waals surface area contributed by atoms with Gasteiger partial charge in [-0.3, -0.25) is 4.79 Å². The van der Waals surface area contributed by atoms with Crippen LogP contribution in [0.2, 0.25) is 5.02 Å². The Morgan fingerprint density at radius 2 is 1.91 bits per heavy atom. The van der Waals surface area contributed by atoms with Crippen LogP contribution in [0.3, 0.4) is 0 Å². The third-order valence-electron chi connectivity index (χ3n) is 5.42. The van der Waals surface area contributed by atoms with Crippen molar-refractivity contribution in [3.63, 3.8) is 0 Å². The number of nitrogens with zero attached hydrogens (tertiary/aromatic N) is 2. The highest BCUT2D eigenvalue weighted by molar-refractivity contribution is 6.32. The minimum atomic E-state index is -0.729. The topological polar surface area (TPSA) is 90.6 Å². The van der Waals surface area contributed by atoms with E-state index in [1.54, 1.807) is 18.4 Å². The molecule has 1 unspecified atom stereocenters. The number of rotatable bonds is 7. The van der Waals surface area contributed by atoms with Gasteiger partial charge in [0.2, 0.25) is 0 Å². The number of carbonyl (C=O) groups is 2. The lowest BCUT2D eigenvalue weighted by Gasteiger charge is -2.19. The van der Waals surface area contributed by atoms with Gasteiger partial charge in [0.25, 0.3) is 5.91 Å². The molecule has 0 bridgehead atoms. The maximum atomic E-state index is 13.0. The van der Waals surface area contributed by atoms with Crippen LogP contribution in [-0.4, -0.2) is 43.4 Å². The fourth-order valence-electron chi connectivity index (χ4n) is 3.68. The van der Waals surface area contributed by atoms with Gasteiger partial charge in [-0.2, -0.15) is 5.10 Å². The standard InChI is InChI=1S/C25H23ClN2O6/c1-15-6-8-16(9-7-15)19-13-20(21-5-4-10-33-21)28(27-19)23(29)14-34-25(30)17-11-18(26)24(32-3)22(12-17)31-2/h4-12,20H,13-14H2,1-3H3. The minimum Gasteiger partial charge on any atom is -0.493 e. The van der Waals surface area contributed by atoms with Crippen LogP contribution in [-0.2, 0) is 9.53 Å². The fourth-order valence-corrected chi connectivity index (χ4v) is 3.96. The number of furan rings is 1. The predicted molar refractivity (Wildman–Crippen MR) is 125 cm³/mol. The van der Waals surface area contributed by atoms with E-state index in [0.717, 1.165) is 16.8 Å². The molecule has 0 spiro atoms. The van der Waals surface area contributed by atoms with Crippen molar-refractivity contribution < 1.29 is 28.2 Å². The summed E-state index contributed by atoms with van der Waals surface area (Å²) in [7, 11) is 2.87. The van der Waals surface area contributed by atoms with Gasteiger partial charge in [0, 0.05) is 6.42 Å². The van der Waals surface area contributed by atoms with E-state index < -0.39 is 24.5 Å². The molecule has 0 N–H and O–H groups in total. The summed E-state index contributed by atoms with van der Waals surface area (Å²) in [5.74, 6) is -0.0421. The first-order valence-electron chi connectivity index (χ1n) is 10.5. The van der Waals surface area contributed by atoms with Gasteiger partial charge < -0.3 is 18.6 Å². The lowest BCUT2D eigenvalue weighted by molar-refractivity contribution is -0.136. The Morgan fingerprint density at radius 1 is 1.15 bits per heavy atom. The zero-order chi connectivity index (χ0) is 24.2. The van der Waals surface area contributed by atoms with Crippen molar-refractivity contribution in [3.8, 4) is 11.5 Å². The van der Waals surface area contributed by atoms with Gasteiger partial charge in [0.15, 0.2) is 18.1 Å². The van der Waals surface area contributed by atoms with E-state index >= 15 is 0 Å². The Bertz CT molecular complexity index is 1220.